The van der Waals surface area contributed by atoms with E-state index in [1.165, 1.54) is 6.07 Å². The van der Waals surface area contributed by atoms with Crippen LogP contribution in [0.3, 0.4) is 0 Å². The highest BCUT2D eigenvalue weighted by Gasteiger charge is 2.46. The van der Waals surface area contributed by atoms with Crippen LogP contribution in [0.5, 0.6) is 0 Å². The van der Waals surface area contributed by atoms with E-state index >= 15 is 0 Å². The van der Waals surface area contributed by atoms with Crippen LogP contribution in [0.2, 0.25) is 0 Å². The smallest absolute Gasteiger partial charge is 0.336 e. The fourth-order valence-electron chi connectivity index (χ4n) is 7.96. The van der Waals surface area contributed by atoms with Gasteiger partial charge in [0.25, 0.3) is 11.8 Å². The third kappa shape index (κ3) is 7.23. The lowest BCUT2D eigenvalue weighted by atomic mass is 9.90. The molecule has 16 heteroatoms. The number of imide groups is 2. The van der Waals surface area contributed by atoms with Gasteiger partial charge in [-0.2, -0.15) is 4.98 Å². The fourth-order valence-corrected chi connectivity index (χ4v) is 7.96. The van der Waals surface area contributed by atoms with Crippen molar-refractivity contribution in [3.63, 3.8) is 0 Å². The molecule has 3 fully saturated rings. The molecule has 0 saturated carbocycles. The van der Waals surface area contributed by atoms with E-state index in [1.54, 1.807) is 36.4 Å². The van der Waals surface area contributed by atoms with Crippen LogP contribution in [0.15, 0.2) is 63.9 Å². The number of carbonyl (C=O) groups excluding carboxylic acids is 5. The molecule has 0 bridgehead atoms. The lowest BCUT2D eigenvalue weighted by molar-refractivity contribution is -0.136. The molecule has 4 aromatic rings. The van der Waals surface area contributed by atoms with Crippen molar-refractivity contribution in [3.05, 3.63) is 82.1 Å². The number of hydrogen-bond acceptors (Lipinski definition) is 12. The van der Waals surface area contributed by atoms with E-state index in [0.29, 0.717) is 85.5 Å². The SMILES string of the molecule is O=C1CCC(N2C(=O)c3cccc(N4CCC(CCCC(=O)N5CCN(c6ncc(F)c(Nc7ccc8oc(=O)ccc8c7)n6)CC5)CC4)c3C2=O)C(=O)N1. The number of hydrogen-bond donors (Lipinski definition) is 2. The summed E-state index contributed by atoms with van der Waals surface area (Å²) >= 11 is 0. The molecule has 15 nitrogen and oxygen atoms in total. The van der Waals surface area contributed by atoms with Crippen LogP contribution in [-0.4, -0.2) is 94.6 Å². The Bertz CT molecular complexity index is 2260. The van der Waals surface area contributed by atoms with Crippen LogP contribution in [-0.2, 0) is 14.4 Å². The molecule has 2 N–H and O–H groups in total. The van der Waals surface area contributed by atoms with E-state index in [9.17, 15) is 33.2 Å². The van der Waals surface area contributed by atoms with Gasteiger partial charge in [-0.3, -0.25) is 34.2 Å². The maximum absolute atomic E-state index is 14.7. The first-order valence-electron chi connectivity index (χ1n) is 18.6. The van der Waals surface area contributed by atoms with Crippen molar-refractivity contribution in [3.8, 4) is 0 Å². The van der Waals surface area contributed by atoms with Crippen LogP contribution in [0.1, 0.15) is 65.7 Å². The Morgan fingerprint density at radius 3 is 2.49 bits per heavy atom. The summed E-state index contributed by atoms with van der Waals surface area (Å²) in [6.45, 7) is 3.41. The van der Waals surface area contributed by atoms with E-state index in [-0.39, 0.29) is 30.1 Å². The van der Waals surface area contributed by atoms with Gasteiger partial charge in [0.05, 0.1) is 23.0 Å². The van der Waals surface area contributed by atoms with Crippen LogP contribution in [0, 0.1) is 11.7 Å². The Morgan fingerprint density at radius 2 is 1.71 bits per heavy atom. The number of carbonyl (C=O) groups is 5. The van der Waals surface area contributed by atoms with Gasteiger partial charge in [-0.15, -0.1) is 0 Å². The molecule has 0 aliphatic carbocycles. The number of fused-ring (bicyclic) bond motifs is 2. The zero-order valence-electron chi connectivity index (χ0n) is 30.0. The van der Waals surface area contributed by atoms with Gasteiger partial charge in [-0.25, -0.2) is 14.2 Å². The molecular formula is C39H39FN8O7. The molecular weight excluding hydrogens is 711 g/mol. The maximum atomic E-state index is 14.7. The molecule has 4 aliphatic heterocycles. The summed E-state index contributed by atoms with van der Waals surface area (Å²) in [6, 6.07) is 12.2. The average Bonchev–Trinajstić information content (AvgIpc) is 3.44. The zero-order valence-corrected chi connectivity index (χ0v) is 30.0. The predicted molar refractivity (Wildman–Crippen MR) is 198 cm³/mol. The monoisotopic (exact) mass is 750 g/mol. The Kier molecular flexibility index (Phi) is 9.71. The van der Waals surface area contributed by atoms with Crippen molar-refractivity contribution in [2.45, 2.75) is 51.0 Å². The molecule has 55 heavy (non-hydrogen) atoms. The lowest BCUT2D eigenvalue weighted by Crippen LogP contribution is -2.54. The predicted octanol–water partition coefficient (Wildman–Crippen LogP) is 3.60. The number of piperazine rings is 1. The van der Waals surface area contributed by atoms with E-state index in [0.717, 1.165) is 36.8 Å². The second-order valence-corrected chi connectivity index (χ2v) is 14.3. The van der Waals surface area contributed by atoms with Gasteiger partial charge >= 0.3 is 5.63 Å². The lowest BCUT2D eigenvalue weighted by Gasteiger charge is -2.35. The summed E-state index contributed by atoms with van der Waals surface area (Å²) in [7, 11) is 0. The second-order valence-electron chi connectivity index (χ2n) is 14.3. The molecule has 0 spiro atoms. The van der Waals surface area contributed by atoms with Crippen LogP contribution < -0.4 is 26.1 Å². The quantitative estimate of drug-likeness (QED) is 0.188. The number of anilines is 4. The number of benzene rings is 2. The standard InChI is InChI=1S/C39H39FN8O7/c40-27-22-41-39(44-35(27)42-25-8-10-30-24(21-25)7-12-33(51)55-30)47-19-17-46(18-20-47)32(50)6-1-3-23-13-15-45(16-14-23)28-5-2-4-26-34(28)38(54)48(37(26)53)29-9-11-31(49)43-36(29)52/h2,4-5,7-8,10,12,21-23,29H,1,3,6,9,11,13-20H2,(H,41,42,44)(H,43,49,52). The second kappa shape index (κ2) is 14.9. The Balaban J connectivity index is 0.796. The van der Waals surface area contributed by atoms with Crippen molar-refractivity contribution < 1.29 is 32.8 Å². The van der Waals surface area contributed by atoms with Gasteiger partial charge in [0.15, 0.2) is 11.6 Å². The Hall–Kier alpha value is -6.19. The first-order valence-corrected chi connectivity index (χ1v) is 18.6. The maximum Gasteiger partial charge on any atom is 0.336 e. The van der Waals surface area contributed by atoms with Gasteiger partial charge in [-0.1, -0.05) is 6.07 Å². The summed E-state index contributed by atoms with van der Waals surface area (Å²) in [4.78, 5) is 91.1. The molecule has 1 atom stereocenters. The van der Waals surface area contributed by atoms with Crippen molar-refractivity contribution in [1.82, 2.24) is 25.1 Å². The molecule has 284 valence electrons. The van der Waals surface area contributed by atoms with Crippen LogP contribution >= 0.6 is 0 Å². The molecule has 0 radical (unpaired) electrons. The van der Waals surface area contributed by atoms with Gasteiger partial charge in [0.1, 0.15) is 11.6 Å². The molecule has 2 aromatic heterocycles. The van der Waals surface area contributed by atoms with Crippen molar-refractivity contribution >= 4 is 63.6 Å². The minimum atomic E-state index is -1.01. The Morgan fingerprint density at radius 1 is 0.909 bits per heavy atom. The highest BCUT2D eigenvalue weighted by atomic mass is 19.1. The van der Waals surface area contributed by atoms with Crippen LogP contribution in [0.25, 0.3) is 11.0 Å². The van der Waals surface area contributed by atoms with E-state index in [4.69, 9.17) is 4.42 Å². The number of halogens is 1. The highest BCUT2D eigenvalue weighted by molar-refractivity contribution is 6.25. The summed E-state index contributed by atoms with van der Waals surface area (Å²) in [5.74, 6) is -1.79. The van der Waals surface area contributed by atoms with Gasteiger partial charge in [0.2, 0.25) is 23.7 Å². The molecule has 3 saturated heterocycles. The van der Waals surface area contributed by atoms with Crippen molar-refractivity contribution in [2.75, 3.05) is 54.4 Å². The zero-order chi connectivity index (χ0) is 38.2. The first kappa shape index (κ1) is 35.8. The number of amides is 5. The van der Waals surface area contributed by atoms with Gasteiger partial charge in [-0.05, 0) is 74.4 Å². The minimum Gasteiger partial charge on any atom is -0.423 e. The van der Waals surface area contributed by atoms with Crippen molar-refractivity contribution in [1.29, 1.82) is 0 Å². The minimum absolute atomic E-state index is 0.0127. The number of piperidine rings is 2. The molecule has 4 aliphatic rings. The third-order valence-corrected chi connectivity index (χ3v) is 10.9. The number of nitrogens with one attached hydrogen (secondary N) is 2. The van der Waals surface area contributed by atoms with Gasteiger partial charge in [0, 0.05) is 69.3 Å². The molecule has 5 amide bonds. The largest absolute Gasteiger partial charge is 0.423 e. The third-order valence-electron chi connectivity index (χ3n) is 10.9. The molecule has 6 heterocycles. The van der Waals surface area contributed by atoms with E-state index < -0.39 is 41.1 Å². The number of nitrogens with zero attached hydrogens (tertiary/aromatic N) is 6. The first-order chi connectivity index (χ1) is 26.6. The van der Waals surface area contributed by atoms with Gasteiger partial charge < -0.3 is 24.4 Å². The van der Waals surface area contributed by atoms with Crippen molar-refractivity contribution in [2.24, 2.45) is 5.92 Å². The van der Waals surface area contributed by atoms with E-state index in [2.05, 4.69) is 25.5 Å². The number of aromatic nitrogens is 2. The Labute approximate surface area is 314 Å². The summed E-state index contributed by atoms with van der Waals surface area (Å²) in [5, 5.41) is 5.90. The topological polar surface area (TPSA) is 178 Å². The molecule has 1 unspecified atom stereocenters. The van der Waals surface area contributed by atoms with E-state index in [1.807, 2.05) is 15.9 Å². The average molecular weight is 751 g/mol. The summed E-state index contributed by atoms with van der Waals surface area (Å²) < 4.78 is 19.9. The fraction of sp³-hybridized carbons (Fsp3) is 0.385. The number of rotatable bonds is 9. The van der Waals surface area contributed by atoms with Crippen LogP contribution in [0.4, 0.5) is 27.5 Å². The molecule has 8 rings (SSSR count). The summed E-state index contributed by atoms with van der Waals surface area (Å²) in [6.07, 6.45) is 5.16. The highest BCUT2D eigenvalue weighted by Crippen LogP contribution is 2.36. The molecule has 2 aromatic carbocycles. The normalized spacial score (nSPS) is 19.3. The summed E-state index contributed by atoms with van der Waals surface area (Å²) in [5.41, 5.74) is 1.80.